The number of halogens is 2. The third-order valence-electron chi connectivity index (χ3n) is 4.17. The number of hydrogen-bond donors (Lipinski definition) is 1. The van der Waals surface area contributed by atoms with Gasteiger partial charge in [-0.15, -0.1) is 0 Å². The van der Waals surface area contributed by atoms with Crippen molar-refractivity contribution in [3.8, 4) is 0 Å². The minimum atomic E-state index is -0.311. The molecule has 0 atom stereocenters. The van der Waals surface area contributed by atoms with Gasteiger partial charge in [0.1, 0.15) is 5.82 Å². The molecule has 0 amide bonds. The molecule has 1 fully saturated rings. The van der Waals surface area contributed by atoms with Gasteiger partial charge in [0, 0.05) is 5.54 Å². The van der Waals surface area contributed by atoms with E-state index in [-0.39, 0.29) is 16.4 Å². The summed E-state index contributed by atoms with van der Waals surface area (Å²) in [6.07, 6.45) is 4.69. The topological polar surface area (TPSA) is 26.0 Å². The Morgan fingerprint density at radius 1 is 1.22 bits per heavy atom. The van der Waals surface area contributed by atoms with Gasteiger partial charge < -0.3 is 5.73 Å². The number of nitrogens with two attached hydrogens (primary N) is 1. The van der Waals surface area contributed by atoms with Crippen LogP contribution in [0.3, 0.4) is 0 Å². The summed E-state index contributed by atoms with van der Waals surface area (Å²) in [6, 6.07) is 5.15. The highest BCUT2D eigenvalue weighted by molar-refractivity contribution is 6.30. The maximum Gasteiger partial charge on any atom is 0.145 e. The van der Waals surface area contributed by atoms with Crippen molar-refractivity contribution in [3.63, 3.8) is 0 Å². The monoisotopic (exact) mass is 269 g/mol. The lowest BCUT2D eigenvalue weighted by Crippen LogP contribution is -2.47. The molecule has 0 unspecified atom stereocenters. The zero-order valence-electron chi connectivity index (χ0n) is 11.1. The quantitative estimate of drug-likeness (QED) is 0.850. The molecule has 18 heavy (non-hydrogen) atoms. The molecule has 0 radical (unpaired) electrons. The van der Waals surface area contributed by atoms with Crippen LogP contribution in [0.5, 0.6) is 0 Å². The molecule has 0 saturated heterocycles. The highest BCUT2D eigenvalue weighted by Crippen LogP contribution is 2.40. The Morgan fingerprint density at radius 3 is 2.44 bits per heavy atom. The van der Waals surface area contributed by atoms with E-state index in [4.69, 9.17) is 17.3 Å². The zero-order chi connectivity index (χ0) is 13.4. The predicted octanol–water partition coefficient (Wildman–Crippen LogP) is 4.32. The molecule has 2 rings (SSSR count). The molecule has 1 nitrogen and oxygen atoms in total. The fourth-order valence-electron chi connectivity index (χ4n) is 2.67. The second kappa shape index (κ2) is 4.82. The molecule has 0 heterocycles. The first-order valence-corrected chi connectivity index (χ1v) is 6.91. The van der Waals surface area contributed by atoms with Crippen LogP contribution in [-0.4, -0.2) is 5.54 Å². The molecule has 3 heteroatoms. The van der Waals surface area contributed by atoms with E-state index in [1.54, 1.807) is 18.2 Å². The number of rotatable bonds is 2. The van der Waals surface area contributed by atoms with Crippen molar-refractivity contribution in [2.75, 3.05) is 0 Å². The molecular weight excluding hydrogens is 249 g/mol. The Hall–Kier alpha value is -0.600. The van der Waals surface area contributed by atoms with Crippen LogP contribution in [0.2, 0.25) is 5.02 Å². The maximum atomic E-state index is 13.9. The van der Waals surface area contributed by atoms with Crippen LogP contribution in [0.15, 0.2) is 18.2 Å². The van der Waals surface area contributed by atoms with E-state index in [2.05, 4.69) is 13.8 Å². The van der Waals surface area contributed by atoms with E-state index in [0.717, 1.165) is 25.7 Å². The van der Waals surface area contributed by atoms with Crippen molar-refractivity contribution in [1.82, 2.24) is 0 Å². The fourth-order valence-corrected chi connectivity index (χ4v) is 2.86. The molecule has 1 aliphatic carbocycles. The van der Waals surface area contributed by atoms with E-state index in [0.29, 0.717) is 17.4 Å². The first kappa shape index (κ1) is 13.8. The normalized spacial score (nSPS) is 21.8. The Morgan fingerprint density at radius 2 is 1.83 bits per heavy atom. The lowest BCUT2D eigenvalue weighted by atomic mass is 9.68. The van der Waals surface area contributed by atoms with E-state index in [1.807, 2.05) is 0 Å². The molecule has 0 aliphatic heterocycles. The Labute approximate surface area is 114 Å². The molecule has 1 saturated carbocycles. The Kier molecular flexibility index (Phi) is 3.70. The van der Waals surface area contributed by atoms with Gasteiger partial charge in [0.25, 0.3) is 0 Å². The van der Waals surface area contributed by atoms with Gasteiger partial charge in [0.2, 0.25) is 0 Å². The summed E-state index contributed by atoms with van der Waals surface area (Å²) in [6.45, 7) is 4.54. The molecule has 1 aromatic rings. The van der Waals surface area contributed by atoms with Crippen LogP contribution < -0.4 is 5.73 Å². The molecule has 0 aromatic heterocycles. The fraction of sp³-hybridized carbons (Fsp3) is 0.600. The van der Waals surface area contributed by atoms with Crippen LogP contribution in [-0.2, 0) is 6.42 Å². The van der Waals surface area contributed by atoms with Crippen LogP contribution in [0.1, 0.15) is 45.1 Å². The minimum Gasteiger partial charge on any atom is -0.325 e. The summed E-state index contributed by atoms with van der Waals surface area (Å²) in [7, 11) is 0. The van der Waals surface area contributed by atoms with Crippen molar-refractivity contribution < 1.29 is 4.39 Å². The second-order valence-electron chi connectivity index (χ2n) is 6.42. The molecular formula is C15H21ClFN. The summed E-state index contributed by atoms with van der Waals surface area (Å²) >= 11 is 5.81. The molecule has 1 aliphatic rings. The van der Waals surface area contributed by atoms with Gasteiger partial charge in [-0.05, 0) is 49.1 Å². The van der Waals surface area contributed by atoms with Gasteiger partial charge in [-0.1, -0.05) is 37.6 Å². The van der Waals surface area contributed by atoms with Crippen LogP contribution in [0.25, 0.3) is 0 Å². The SMILES string of the molecule is CC1(C)CCC(N)(Cc2cccc(Cl)c2F)CC1. The molecule has 0 spiro atoms. The van der Waals surface area contributed by atoms with E-state index in [9.17, 15) is 4.39 Å². The summed E-state index contributed by atoms with van der Waals surface area (Å²) in [5, 5.41) is 0.187. The first-order valence-electron chi connectivity index (χ1n) is 6.53. The Bertz CT molecular complexity index is 432. The van der Waals surface area contributed by atoms with E-state index in [1.165, 1.54) is 0 Å². The maximum absolute atomic E-state index is 13.9. The Balaban J connectivity index is 2.12. The molecule has 100 valence electrons. The van der Waals surface area contributed by atoms with E-state index < -0.39 is 0 Å². The third kappa shape index (κ3) is 3.04. The van der Waals surface area contributed by atoms with Gasteiger partial charge in [-0.3, -0.25) is 0 Å². The summed E-state index contributed by atoms with van der Waals surface area (Å²) in [5.41, 5.74) is 7.16. The van der Waals surface area contributed by atoms with Crippen molar-refractivity contribution >= 4 is 11.6 Å². The van der Waals surface area contributed by atoms with Gasteiger partial charge in [0.15, 0.2) is 0 Å². The van der Waals surface area contributed by atoms with Crippen molar-refractivity contribution in [3.05, 3.63) is 34.6 Å². The smallest absolute Gasteiger partial charge is 0.145 e. The van der Waals surface area contributed by atoms with Crippen molar-refractivity contribution in [1.29, 1.82) is 0 Å². The van der Waals surface area contributed by atoms with Crippen LogP contribution >= 0.6 is 11.6 Å². The van der Waals surface area contributed by atoms with Gasteiger partial charge in [0.05, 0.1) is 5.02 Å². The summed E-state index contributed by atoms with van der Waals surface area (Å²) < 4.78 is 13.9. The molecule has 1 aromatic carbocycles. The highest BCUT2D eigenvalue weighted by atomic mass is 35.5. The lowest BCUT2D eigenvalue weighted by molar-refractivity contribution is 0.164. The van der Waals surface area contributed by atoms with Gasteiger partial charge in [-0.2, -0.15) is 0 Å². The largest absolute Gasteiger partial charge is 0.325 e. The lowest BCUT2D eigenvalue weighted by Gasteiger charge is -2.41. The van der Waals surface area contributed by atoms with Crippen LogP contribution in [0, 0.1) is 11.2 Å². The molecule has 0 bridgehead atoms. The average molecular weight is 270 g/mol. The summed E-state index contributed by atoms with van der Waals surface area (Å²) in [5.74, 6) is -0.311. The number of benzene rings is 1. The zero-order valence-corrected chi connectivity index (χ0v) is 11.9. The summed E-state index contributed by atoms with van der Waals surface area (Å²) in [4.78, 5) is 0. The van der Waals surface area contributed by atoms with Crippen molar-refractivity contribution in [2.24, 2.45) is 11.1 Å². The number of hydrogen-bond acceptors (Lipinski definition) is 1. The third-order valence-corrected chi connectivity index (χ3v) is 4.47. The standard InChI is InChI=1S/C15H21ClFN/c1-14(2)6-8-15(18,9-7-14)10-11-4-3-5-12(16)13(11)17/h3-5H,6-10,18H2,1-2H3. The second-order valence-corrected chi connectivity index (χ2v) is 6.82. The molecule has 2 N–H and O–H groups in total. The van der Waals surface area contributed by atoms with Crippen LogP contribution in [0.4, 0.5) is 4.39 Å². The highest BCUT2D eigenvalue weighted by Gasteiger charge is 2.35. The van der Waals surface area contributed by atoms with E-state index >= 15 is 0 Å². The average Bonchev–Trinajstić information content (AvgIpc) is 2.30. The van der Waals surface area contributed by atoms with Gasteiger partial charge in [-0.25, -0.2) is 4.39 Å². The van der Waals surface area contributed by atoms with Gasteiger partial charge >= 0.3 is 0 Å². The minimum absolute atomic E-state index is 0.187. The van der Waals surface area contributed by atoms with Crippen molar-refractivity contribution in [2.45, 2.75) is 51.5 Å². The first-order chi connectivity index (χ1) is 8.31. The predicted molar refractivity (Wildman–Crippen MR) is 74.3 cm³/mol.